The predicted octanol–water partition coefficient (Wildman–Crippen LogP) is 3.64. The summed E-state index contributed by atoms with van der Waals surface area (Å²) >= 11 is 10.8. The molecule has 0 aliphatic rings. The molecule has 0 radical (unpaired) electrons. The zero-order chi connectivity index (χ0) is 13.8. The van der Waals surface area contributed by atoms with Gasteiger partial charge in [0.05, 0.1) is 5.02 Å². The van der Waals surface area contributed by atoms with Crippen molar-refractivity contribution in [2.24, 2.45) is 5.84 Å². The number of nitrogen functional groups attached to an aromatic ring is 1. The van der Waals surface area contributed by atoms with E-state index < -0.39 is 0 Å². The third-order valence-electron chi connectivity index (χ3n) is 2.23. The number of nitrogens with one attached hydrogen (secondary N) is 2. The van der Waals surface area contributed by atoms with Crippen LogP contribution in [-0.2, 0) is 0 Å². The summed E-state index contributed by atoms with van der Waals surface area (Å²) in [7, 11) is 0. The van der Waals surface area contributed by atoms with Crippen molar-refractivity contribution in [1.82, 2.24) is 9.97 Å². The first-order chi connectivity index (χ1) is 9.12. The van der Waals surface area contributed by atoms with Crippen molar-refractivity contribution in [3.8, 4) is 0 Å². The first-order valence-electron chi connectivity index (χ1n) is 5.24. The quantitative estimate of drug-likeness (QED) is 0.334. The van der Waals surface area contributed by atoms with E-state index in [0.717, 1.165) is 10.2 Å². The lowest BCUT2D eigenvalue weighted by Crippen LogP contribution is -2.10. The Kier molecular flexibility index (Phi) is 4.87. The summed E-state index contributed by atoms with van der Waals surface area (Å²) in [4.78, 5) is 8.53. The van der Waals surface area contributed by atoms with Crippen molar-refractivity contribution < 1.29 is 0 Å². The highest BCUT2D eigenvalue weighted by Gasteiger charge is 2.05. The lowest BCUT2D eigenvalue weighted by molar-refractivity contribution is 0.971. The fourth-order valence-corrected chi connectivity index (χ4v) is 2.25. The van der Waals surface area contributed by atoms with Crippen molar-refractivity contribution in [2.45, 2.75) is 5.16 Å². The molecule has 1 heterocycles. The Morgan fingerprint density at radius 3 is 2.63 bits per heavy atom. The van der Waals surface area contributed by atoms with Crippen molar-refractivity contribution in [1.29, 1.82) is 0 Å². The monoisotopic (exact) mass is 359 g/mol. The first kappa shape index (κ1) is 14.4. The summed E-state index contributed by atoms with van der Waals surface area (Å²) in [5.41, 5.74) is 3.38. The van der Waals surface area contributed by atoms with Crippen LogP contribution in [0.1, 0.15) is 0 Å². The summed E-state index contributed by atoms with van der Waals surface area (Å²) in [6, 6.07) is 7.26. The van der Waals surface area contributed by atoms with Gasteiger partial charge < -0.3 is 10.7 Å². The van der Waals surface area contributed by atoms with Gasteiger partial charge in [-0.15, -0.1) is 0 Å². The molecule has 5 nitrogen and oxygen atoms in total. The lowest BCUT2D eigenvalue weighted by atomic mass is 10.3. The number of anilines is 3. The Morgan fingerprint density at radius 1 is 1.26 bits per heavy atom. The minimum absolute atomic E-state index is 0.551. The summed E-state index contributed by atoms with van der Waals surface area (Å²) in [5.74, 6) is 6.58. The van der Waals surface area contributed by atoms with Crippen LogP contribution >= 0.6 is 39.3 Å². The first-order valence-corrected chi connectivity index (χ1v) is 7.63. The van der Waals surface area contributed by atoms with E-state index in [2.05, 4.69) is 36.6 Å². The van der Waals surface area contributed by atoms with E-state index in [0.29, 0.717) is 21.8 Å². The van der Waals surface area contributed by atoms with E-state index >= 15 is 0 Å². The molecule has 1 aromatic carbocycles. The Hall–Kier alpha value is -1.02. The molecule has 0 fully saturated rings. The number of benzene rings is 1. The molecule has 0 saturated carbocycles. The fraction of sp³-hybridized carbons (Fsp3) is 0.0909. The molecule has 2 aromatic rings. The number of aromatic nitrogens is 2. The van der Waals surface area contributed by atoms with E-state index in [1.807, 2.05) is 18.4 Å². The Labute approximate surface area is 128 Å². The van der Waals surface area contributed by atoms with Gasteiger partial charge in [0.2, 0.25) is 0 Å². The van der Waals surface area contributed by atoms with Gasteiger partial charge in [0, 0.05) is 16.2 Å². The van der Waals surface area contributed by atoms with E-state index in [1.165, 1.54) is 11.8 Å². The zero-order valence-corrected chi connectivity index (χ0v) is 13.1. The maximum Gasteiger partial charge on any atom is 0.191 e. The summed E-state index contributed by atoms with van der Waals surface area (Å²) < 4.78 is 0.815. The molecule has 1 aromatic heterocycles. The molecule has 0 aliphatic carbocycles. The van der Waals surface area contributed by atoms with Crippen LogP contribution in [0.2, 0.25) is 5.02 Å². The minimum atomic E-state index is 0.551. The largest absolute Gasteiger partial charge is 0.340 e. The Bertz CT molecular complexity index is 573. The van der Waals surface area contributed by atoms with Crippen LogP contribution in [-0.4, -0.2) is 16.2 Å². The number of nitrogens with zero attached hydrogens (tertiary/aromatic N) is 2. The average molecular weight is 361 g/mol. The lowest BCUT2D eigenvalue weighted by Gasteiger charge is -2.09. The molecule has 2 rings (SSSR count). The molecule has 0 aliphatic heterocycles. The van der Waals surface area contributed by atoms with Crippen molar-refractivity contribution in [3.63, 3.8) is 0 Å². The SMILES string of the molecule is CSc1nc(NN)cc(Nc2ccc(Cl)c(Br)c2)n1. The molecule has 8 heteroatoms. The van der Waals surface area contributed by atoms with Crippen LogP contribution < -0.4 is 16.6 Å². The second-order valence-electron chi connectivity index (χ2n) is 3.52. The van der Waals surface area contributed by atoms with Crippen LogP contribution in [0.15, 0.2) is 33.9 Å². The van der Waals surface area contributed by atoms with Gasteiger partial charge in [-0.3, -0.25) is 0 Å². The van der Waals surface area contributed by atoms with E-state index in [-0.39, 0.29) is 0 Å². The topological polar surface area (TPSA) is 75.9 Å². The molecular formula is C11H11BrClN5S. The zero-order valence-electron chi connectivity index (χ0n) is 9.95. The molecule has 4 N–H and O–H groups in total. The highest BCUT2D eigenvalue weighted by molar-refractivity contribution is 9.10. The number of hydrogen-bond acceptors (Lipinski definition) is 6. The second kappa shape index (κ2) is 6.42. The van der Waals surface area contributed by atoms with Gasteiger partial charge in [-0.2, -0.15) is 0 Å². The summed E-state index contributed by atoms with van der Waals surface area (Å²) in [5, 5.41) is 4.46. The van der Waals surface area contributed by atoms with Crippen LogP contribution in [0, 0.1) is 0 Å². The molecular weight excluding hydrogens is 350 g/mol. The molecule has 100 valence electrons. The number of rotatable bonds is 4. The molecule has 0 saturated heterocycles. The molecule has 19 heavy (non-hydrogen) atoms. The van der Waals surface area contributed by atoms with Gasteiger partial charge in [0.1, 0.15) is 11.6 Å². The van der Waals surface area contributed by atoms with Gasteiger partial charge in [-0.1, -0.05) is 23.4 Å². The van der Waals surface area contributed by atoms with Gasteiger partial charge in [-0.05, 0) is 40.4 Å². The molecule has 0 amide bonds. The summed E-state index contributed by atoms with van der Waals surface area (Å²) in [6.45, 7) is 0. The summed E-state index contributed by atoms with van der Waals surface area (Å²) in [6.07, 6.45) is 1.90. The number of hydrogen-bond donors (Lipinski definition) is 3. The smallest absolute Gasteiger partial charge is 0.191 e. The van der Waals surface area contributed by atoms with Crippen LogP contribution in [0.3, 0.4) is 0 Å². The van der Waals surface area contributed by atoms with Gasteiger partial charge in [0.15, 0.2) is 5.16 Å². The van der Waals surface area contributed by atoms with Gasteiger partial charge in [-0.25, -0.2) is 15.8 Å². The van der Waals surface area contributed by atoms with Crippen LogP contribution in [0.25, 0.3) is 0 Å². The minimum Gasteiger partial charge on any atom is -0.340 e. The number of halogens is 2. The van der Waals surface area contributed by atoms with Crippen molar-refractivity contribution >= 4 is 56.6 Å². The number of thioether (sulfide) groups is 1. The highest BCUT2D eigenvalue weighted by atomic mass is 79.9. The fourth-order valence-electron chi connectivity index (χ4n) is 1.38. The number of hydrazine groups is 1. The maximum atomic E-state index is 5.95. The Balaban J connectivity index is 2.29. The Morgan fingerprint density at radius 2 is 2.00 bits per heavy atom. The van der Waals surface area contributed by atoms with Crippen LogP contribution in [0.5, 0.6) is 0 Å². The van der Waals surface area contributed by atoms with E-state index in [4.69, 9.17) is 17.4 Å². The molecule has 0 atom stereocenters. The third kappa shape index (κ3) is 3.73. The van der Waals surface area contributed by atoms with E-state index in [9.17, 15) is 0 Å². The average Bonchev–Trinajstić information content (AvgIpc) is 2.42. The maximum absolute atomic E-state index is 5.95. The normalized spacial score (nSPS) is 10.3. The predicted molar refractivity (Wildman–Crippen MR) is 84.1 cm³/mol. The standard InChI is InChI=1S/C11H11BrClN5S/c1-19-11-16-9(5-10(17-11)18-14)15-6-2-3-8(13)7(12)4-6/h2-5H,14H2,1H3,(H2,15,16,17,18). The van der Waals surface area contributed by atoms with Gasteiger partial charge >= 0.3 is 0 Å². The van der Waals surface area contributed by atoms with Crippen molar-refractivity contribution in [3.05, 3.63) is 33.8 Å². The van der Waals surface area contributed by atoms with Crippen LogP contribution in [0.4, 0.5) is 17.3 Å². The second-order valence-corrected chi connectivity index (χ2v) is 5.56. The third-order valence-corrected chi connectivity index (χ3v) is 3.99. The molecule has 0 unspecified atom stereocenters. The van der Waals surface area contributed by atoms with Crippen molar-refractivity contribution in [2.75, 3.05) is 17.0 Å². The van der Waals surface area contributed by atoms with Gasteiger partial charge in [0.25, 0.3) is 0 Å². The highest BCUT2D eigenvalue weighted by Crippen LogP contribution is 2.27. The molecule has 0 bridgehead atoms. The van der Waals surface area contributed by atoms with E-state index in [1.54, 1.807) is 12.1 Å². The number of nitrogens with two attached hydrogens (primary N) is 1. The molecule has 0 spiro atoms.